The first kappa shape index (κ1) is 22.2. The van der Waals surface area contributed by atoms with E-state index in [0.717, 1.165) is 19.6 Å². The van der Waals surface area contributed by atoms with E-state index in [2.05, 4.69) is 29.2 Å². The number of carbonyl (C=O) groups is 1. The Hall–Kier alpha value is -2.89. The maximum absolute atomic E-state index is 12.1. The standard InChI is InChI=1S/C13H19N5O2.C2HF3O2/c1-3-16(4-2)10-9-14-13-15-18(20)12-8-6-5-7-11(12)17(13)19;3-2(4,5)1(6)7/h5-8H,3-4,9-10H2,1-2H3,(H,14,15);(H,6,7). The van der Waals surface area contributed by atoms with E-state index in [9.17, 15) is 23.6 Å². The Balaban J connectivity index is 0.000000445. The van der Waals surface area contributed by atoms with Crippen LogP contribution < -0.4 is 14.9 Å². The molecular formula is C15H20F3N5O4. The van der Waals surface area contributed by atoms with E-state index in [0.29, 0.717) is 21.6 Å². The number of fused-ring (bicyclic) bond motifs is 1. The molecule has 0 unspecified atom stereocenters. The fourth-order valence-electron chi connectivity index (χ4n) is 2.07. The van der Waals surface area contributed by atoms with Gasteiger partial charge in [0.05, 0.1) is 6.54 Å². The van der Waals surface area contributed by atoms with Crippen LogP contribution in [0.1, 0.15) is 13.8 Å². The highest BCUT2D eigenvalue weighted by atomic mass is 19.4. The summed E-state index contributed by atoms with van der Waals surface area (Å²) in [5.41, 5.74) is 0.569. The highest BCUT2D eigenvalue weighted by molar-refractivity contribution is 5.73. The average Bonchev–Trinajstić information content (AvgIpc) is 2.62. The molecule has 1 aromatic carbocycles. The first-order chi connectivity index (χ1) is 12.6. The Kier molecular flexibility index (Phi) is 7.97. The van der Waals surface area contributed by atoms with Crippen LogP contribution in [-0.2, 0) is 4.79 Å². The molecule has 0 aliphatic heterocycles. The minimum absolute atomic E-state index is 0.0332. The Morgan fingerprint density at radius 2 is 1.74 bits per heavy atom. The van der Waals surface area contributed by atoms with Gasteiger partial charge in [0, 0.05) is 17.5 Å². The predicted octanol–water partition coefficient (Wildman–Crippen LogP) is 0.889. The number of carboxylic acid groups (broad SMARTS) is 1. The fraction of sp³-hybridized carbons (Fsp3) is 0.467. The number of likely N-dealkylation sites (N-methyl/N-ethyl adjacent to an activating group) is 1. The third-order valence-corrected chi connectivity index (χ3v) is 3.53. The number of aromatic nitrogens is 3. The molecule has 1 aromatic heterocycles. The summed E-state index contributed by atoms with van der Waals surface area (Å²) < 4.78 is 32.4. The lowest BCUT2D eigenvalue weighted by atomic mass is 10.3. The lowest BCUT2D eigenvalue weighted by Gasteiger charge is -2.17. The topological polar surface area (TPSA) is 119 Å². The van der Waals surface area contributed by atoms with Crippen molar-refractivity contribution in [3.05, 3.63) is 34.7 Å². The quantitative estimate of drug-likeness (QED) is 0.554. The summed E-state index contributed by atoms with van der Waals surface area (Å²) in [5, 5.41) is 37.7. The van der Waals surface area contributed by atoms with Gasteiger partial charge in [0.2, 0.25) is 5.10 Å². The molecule has 0 saturated carbocycles. The number of alkyl halides is 3. The summed E-state index contributed by atoms with van der Waals surface area (Å²) >= 11 is 0. The molecule has 0 fully saturated rings. The number of halogens is 3. The number of para-hydroxylation sites is 2. The van der Waals surface area contributed by atoms with Crippen molar-refractivity contribution in [1.29, 1.82) is 0 Å². The second-order valence-corrected chi connectivity index (χ2v) is 5.24. The molecule has 150 valence electrons. The van der Waals surface area contributed by atoms with E-state index in [4.69, 9.17) is 9.90 Å². The largest absolute Gasteiger partial charge is 0.739 e. The van der Waals surface area contributed by atoms with Crippen molar-refractivity contribution in [3.63, 3.8) is 0 Å². The van der Waals surface area contributed by atoms with Crippen LogP contribution in [0.4, 0.5) is 19.1 Å². The van der Waals surface area contributed by atoms with Gasteiger partial charge in [0.15, 0.2) is 5.52 Å². The number of rotatable bonds is 6. The first-order valence-corrected chi connectivity index (χ1v) is 8.00. The molecule has 2 aromatic rings. The van der Waals surface area contributed by atoms with Gasteiger partial charge in [-0.1, -0.05) is 26.0 Å². The van der Waals surface area contributed by atoms with Crippen LogP contribution in [0.15, 0.2) is 24.3 Å². The third kappa shape index (κ3) is 6.40. The van der Waals surface area contributed by atoms with Crippen molar-refractivity contribution < 1.29 is 32.6 Å². The average molecular weight is 391 g/mol. The second kappa shape index (κ2) is 9.71. The molecule has 2 N–H and O–H groups in total. The molecule has 0 radical (unpaired) electrons. The minimum Gasteiger partial charge on any atom is -0.739 e. The van der Waals surface area contributed by atoms with Gasteiger partial charge in [-0.05, 0) is 19.2 Å². The number of hydrogen-bond donors (Lipinski definition) is 2. The molecule has 12 heteroatoms. The van der Waals surface area contributed by atoms with Gasteiger partial charge in [0.1, 0.15) is 0 Å². The minimum atomic E-state index is -5.08. The summed E-state index contributed by atoms with van der Waals surface area (Å²) in [6.45, 7) is 7.41. The molecule has 9 nitrogen and oxygen atoms in total. The van der Waals surface area contributed by atoms with Crippen LogP contribution in [0, 0.1) is 10.4 Å². The molecule has 0 bridgehead atoms. The SMILES string of the molecule is CCN(CC)CCNc1n[n+]([O-])c2ccccc2[n+]1[O-].O=C(O)C(F)(F)F. The van der Waals surface area contributed by atoms with Crippen molar-refractivity contribution in [3.8, 4) is 0 Å². The van der Waals surface area contributed by atoms with E-state index in [1.165, 1.54) is 0 Å². The van der Waals surface area contributed by atoms with Crippen LogP contribution in [0.2, 0.25) is 0 Å². The fourth-order valence-corrected chi connectivity index (χ4v) is 2.07. The Morgan fingerprint density at radius 1 is 1.22 bits per heavy atom. The number of anilines is 1. The van der Waals surface area contributed by atoms with Crippen LogP contribution >= 0.6 is 0 Å². The molecule has 2 rings (SSSR count). The highest BCUT2D eigenvalue weighted by Crippen LogP contribution is 2.13. The van der Waals surface area contributed by atoms with Crippen LogP contribution in [0.5, 0.6) is 0 Å². The van der Waals surface area contributed by atoms with E-state index in [1.54, 1.807) is 24.3 Å². The normalized spacial score (nSPS) is 11.2. The molecular weight excluding hydrogens is 371 g/mol. The van der Waals surface area contributed by atoms with E-state index in [-0.39, 0.29) is 11.5 Å². The number of nitrogens with one attached hydrogen (secondary N) is 1. The highest BCUT2D eigenvalue weighted by Gasteiger charge is 2.38. The Bertz CT molecular complexity index is 769. The van der Waals surface area contributed by atoms with E-state index >= 15 is 0 Å². The van der Waals surface area contributed by atoms with Gasteiger partial charge in [-0.15, -0.1) is 0 Å². The van der Waals surface area contributed by atoms with Crippen molar-refractivity contribution in [2.45, 2.75) is 20.0 Å². The Labute approximate surface area is 152 Å². The number of aliphatic carboxylic acids is 1. The van der Waals surface area contributed by atoms with Gasteiger partial charge in [-0.3, -0.25) is 5.32 Å². The maximum atomic E-state index is 12.1. The van der Waals surface area contributed by atoms with Crippen molar-refractivity contribution >= 4 is 23.0 Å². The lowest BCUT2D eigenvalue weighted by molar-refractivity contribution is -0.672. The molecule has 0 spiro atoms. The zero-order chi connectivity index (χ0) is 20.6. The van der Waals surface area contributed by atoms with Gasteiger partial charge in [-0.25, -0.2) is 9.52 Å². The van der Waals surface area contributed by atoms with Gasteiger partial charge in [0.25, 0.3) is 5.52 Å². The summed E-state index contributed by atoms with van der Waals surface area (Å²) in [5.74, 6) is -2.72. The zero-order valence-electron chi connectivity index (χ0n) is 14.7. The maximum Gasteiger partial charge on any atom is 0.490 e. The summed E-state index contributed by atoms with van der Waals surface area (Å²) in [4.78, 5) is 11.6. The van der Waals surface area contributed by atoms with Crippen molar-refractivity contribution in [2.24, 2.45) is 0 Å². The second-order valence-electron chi connectivity index (χ2n) is 5.24. The number of nitrogens with zero attached hydrogens (tertiary/aromatic N) is 4. The van der Waals surface area contributed by atoms with Gasteiger partial charge >= 0.3 is 18.1 Å². The molecule has 0 amide bonds. The van der Waals surface area contributed by atoms with Crippen molar-refractivity contribution in [2.75, 3.05) is 31.5 Å². The first-order valence-electron chi connectivity index (χ1n) is 8.00. The van der Waals surface area contributed by atoms with Gasteiger partial charge in [-0.2, -0.15) is 13.2 Å². The molecule has 1 heterocycles. The summed E-state index contributed by atoms with van der Waals surface area (Å²) in [6, 6.07) is 6.60. The van der Waals surface area contributed by atoms with Crippen LogP contribution in [-0.4, -0.2) is 53.4 Å². The molecule has 0 atom stereocenters. The molecule has 27 heavy (non-hydrogen) atoms. The van der Waals surface area contributed by atoms with E-state index < -0.39 is 12.1 Å². The monoisotopic (exact) mass is 391 g/mol. The van der Waals surface area contributed by atoms with Crippen molar-refractivity contribution in [1.82, 2.24) is 10.00 Å². The molecule has 0 aliphatic carbocycles. The summed E-state index contributed by atoms with van der Waals surface area (Å²) in [7, 11) is 0. The van der Waals surface area contributed by atoms with Crippen LogP contribution in [0.25, 0.3) is 11.0 Å². The molecule has 0 aliphatic rings. The third-order valence-electron chi connectivity index (χ3n) is 3.53. The molecule has 0 saturated heterocycles. The zero-order valence-corrected chi connectivity index (χ0v) is 14.7. The van der Waals surface area contributed by atoms with E-state index in [1.807, 2.05) is 0 Å². The predicted molar refractivity (Wildman–Crippen MR) is 89.6 cm³/mol. The number of hydrogen-bond acceptors (Lipinski definition) is 6. The van der Waals surface area contributed by atoms with Crippen LogP contribution in [0.3, 0.4) is 0 Å². The summed E-state index contributed by atoms with van der Waals surface area (Å²) in [6.07, 6.45) is -5.08. The smallest absolute Gasteiger partial charge is 0.490 e. The van der Waals surface area contributed by atoms with Gasteiger partial charge < -0.3 is 20.4 Å². The number of benzene rings is 1. The Morgan fingerprint density at radius 3 is 2.22 bits per heavy atom. The lowest BCUT2D eigenvalue weighted by Crippen LogP contribution is -2.44. The number of carboxylic acids is 1.